The van der Waals surface area contributed by atoms with E-state index in [9.17, 15) is 4.39 Å². The predicted molar refractivity (Wildman–Crippen MR) is 104 cm³/mol. The van der Waals surface area contributed by atoms with Gasteiger partial charge < -0.3 is 4.90 Å². The number of fused-ring (bicyclic) bond motifs is 1. The summed E-state index contributed by atoms with van der Waals surface area (Å²) in [6.45, 7) is 0.771. The summed E-state index contributed by atoms with van der Waals surface area (Å²) in [5.41, 5.74) is 4.42. The Morgan fingerprint density at radius 3 is 2.42 bits per heavy atom. The van der Waals surface area contributed by atoms with Gasteiger partial charge in [-0.15, -0.1) is 0 Å². The van der Waals surface area contributed by atoms with Crippen molar-refractivity contribution in [1.29, 1.82) is 0 Å². The SMILES string of the molecule is Fc1ccc2c(c1)CCC(C#Cc1ccccc1)N2Cc1ccccc1. The minimum atomic E-state index is -0.169. The van der Waals surface area contributed by atoms with Crippen LogP contribution in [-0.2, 0) is 13.0 Å². The van der Waals surface area contributed by atoms with Gasteiger partial charge in [-0.05, 0) is 54.3 Å². The van der Waals surface area contributed by atoms with Crippen molar-refractivity contribution >= 4 is 5.69 Å². The minimum absolute atomic E-state index is 0.119. The van der Waals surface area contributed by atoms with Gasteiger partial charge in [0.05, 0.1) is 6.04 Å². The molecule has 1 unspecified atom stereocenters. The van der Waals surface area contributed by atoms with Crippen molar-refractivity contribution in [2.75, 3.05) is 4.90 Å². The van der Waals surface area contributed by atoms with Gasteiger partial charge in [-0.2, -0.15) is 0 Å². The van der Waals surface area contributed by atoms with E-state index in [1.165, 1.54) is 5.56 Å². The van der Waals surface area contributed by atoms with Crippen LogP contribution in [0.3, 0.4) is 0 Å². The largest absolute Gasteiger partial charge is 0.353 e. The number of hydrogen-bond acceptors (Lipinski definition) is 1. The molecule has 2 heteroatoms. The highest BCUT2D eigenvalue weighted by Crippen LogP contribution is 2.32. The van der Waals surface area contributed by atoms with Crippen LogP contribution in [0.1, 0.15) is 23.1 Å². The smallest absolute Gasteiger partial charge is 0.123 e. The molecular weight excluding hydrogens is 321 g/mol. The third kappa shape index (κ3) is 3.63. The van der Waals surface area contributed by atoms with Gasteiger partial charge in [0.25, 0.3) is 0 Å². The lowest BCUT2D eigenvalue weighted by molar-refractivity contribution is 0.596. The molecule has 3 aromatic carbocycles. The van der Waals surface area contributed by atoms with Gasteiger partial charge in [-0.1, -0.05) is 60.4 Å². The van der Waals surface area contributed by atoms with E-state index in [1.54, 1.807) is 12.1 Å². The second kappa shape index (κ2) is 7.45. The molecule has 0 bridgehead atoms. The molecule has 1 aliphatic rings. The summed E-state index contributed by atoms with van der Waals surface area (Å²) in [5, 5.41) is 0. The minimum Gasteiger partial charge on any atom is -0.353 e. The van der Waals surface area contributed by atoms with Crippen molar-refractivity contribution in [3.05, 3.63) is 101 Å². The van der Waals surface area contributed by atoms with E-state index in [0.717, 1.165) is 36.2 Å². The van der Waals surface area contributed by atoms with Crippen molar-refractivity contribution in [2.24, 2.45) is 0 Å². The van der Waals surface area contributed by atoms with Crippen molar-refractivity contribution < 1.29 is 4.39 Å². The zero-order valence-electron chi connectivity index (χ0n) is 14.5. The Hall–Kier alpha value is -3.05. The zero-order chi connectivity index (χ0) is 17.8. The van der Waals surface area contributed by atoms with Crippen LogP contribution >= 0.6 is 0 Å². The molecule has 0 aromatic heterocycles. The van der Waals surface area contributed by atoms with Gasteiger partial charge in [-0.3, -0.25) is 0 Å². The number of anilines is 1. The standard InChI is InChI=1S/C24H20FN/c25-22-13-16-24-21(17-22)12-15-23(14-11-19-7-3-1-4-8-19)26(24)18-20-9-5-2-6-10-20/h1-10,13,16-17,23H,12,15,18H2. The Bertz CT molecular complexity index is 938. The number of halogens is 1. The molecular formula is C24H20FN. The third-order valence-electron chi connectivity index (χ3n) is 4.77. The van der Waals surface area contributed by atoms with Crippen molar-refractivity contribution in [3.63, 3.8) is 0 Å². The molecule has 1 heterocycles. The normalized spacial score (nSPS) is 15.7. The van der Waals surface area contributed by atoms with Crippen LogP contribution in [0.15, 0.2) is 78.9 Å². The highest BCUT2D eigenvalue weighted by atomic mass is 19.1. The zero-order valence-corrected chi connectivity index (χ0v) is 14.5. The number of hydrogen-bond donors (Lipinski definition) is 0. The summed E-state index contributed by atoms with van der Waals surface area (Å²) < 4.78 is 13.7. The van der Waals surface area contributed by atoms with E-state index >= 15 is 0 Å². The molecule has 0 amide bonds. The maximum atomic E-state index is 13.7. The van der Waals surface area contributed by atoms with Crippen molar-refractivity contribution in [3.8, 4) is 11.8 Å². The molecule has 128 valence electrons. The van der Waals surface area contributed by atoms with Crippen LogP contribution in [0.4, 0.5) is 10.1 Å². The van der Waals surface area contributed by atoms with Gasteiger partial charge >= 0.3 is 0 Å². The highest BCUT2D eigenvalue weighted by molar-refractivity contribution is 5.59. The van der Waals surface area contributed by atoms with E-state index in [1.807, 2.05) is 42.5 Å². The summed E-state index contributed by atoms with van der Waals surface area (Å²) in [5.74, 6) is 6.58. The van der Waals surface area contributed by atoms with Gasteiger partial charge in [0, 0.05) is 17.8 Å². The number of benzene rings is 3. The van der Waals surface area contributed by atoms with Crippen molar-refractivity contribution in [1.82, 2.24) is 0 Å². The van der Waals surface area contributed by atoms with Gasteiger partial charge in [0.1, 0.15) is 5.82 Å². The van der Waals surface area contributed by atoms with Gasteiger partial charge in [0.2, 0.25) is 0 Å². The average Bonchev–Trinajstić information content (AvgIpc) is 2.69. The van der Waals surface area contributed by atoms with E-state index < -0.39 is 0 Å². The fourth-order valence-electron chi connectivity index (χ4n) is 3.46. The van der Waals surface area contributed by atoms with E-state index in [0.29, 0.717) is 0 Å². The van der Waals surface area contributed by atoms with Gasteiger partial charge in [0.15, 0.2) is 0 Å². The fourth-order valence-corrected chi connectivity index (χ4v) is 3.46. The lowest BCUT2D eigenvalue weighted by atomic mass is 9.95. The lowest BCUT2D eigenvalue weighted by Crippen LogP contribution is -2.38. The summed E-state index contributed by atoms with van der Waals surface area (Å²) in [7, 11) is 0. The average molecular weight is 341 g/mol. The maximum Gasteiger partial charge on any atom is 0.123 e. The molecule has 1 atom stereocenters. The first-order chi connectivity index (χ1) is 12.8. The summed E-state index contributed by atoms with van der Waals surface area (Å²) >= 11 is 0. The Balaban J connectivity index is 1.68. The molecule has 26 heavy (non-hydrogen) atoms. The second-order valence-corrected chi connectivity index (χ2v) is 6.58. The number of nitrogens with zero attached hydrogens (tertiary/aromatic N) is 1. The topological polar surface area (TPSA) is 3.24 Å². The summed E-state index contributed by atoms with van der Waals surface area (Å²) in [6, 6.07) is 25.7. The van der Waals surface area contributed by atoms with Crippen LogP contribution in [0.25, 0.3) is 0 Å². The Morgan fingerprint density at radius 1 is 0.923 bits per heavy atom. The molecule has 0 N–H and O–H groups in total. The molecule has 1 aliphatic heterocycles. The first-order valence-corrected chi connectivity index (χ1v) is 8.95. The Kier molecular flexibility index (Phi) is 4.71. The first-order valence-electron chi connectivity index (χ1n) is 8.95. The lowest BCUT2D eigenvalue weighted by Gasteiger charge is -2.36. The number of aryl methyl sites for hydroxylation is 1. The monoisotopic (exact) mass is 341 g/mol. The second-order valence-electron chi connectivity index (χ2n) is 6.58. The molecule has 3 aromatic rings. The predicted octanol–water partition coefficient (Wildman–Crippen LogP) is 5.20. The van der Waals surface area contributed by atoms with Crippen molar-refractivity contribution in [2.45, 2.75) is 25.4 Å². The Morgan fingerprint density at radius 2 is 1.65 bits per heavy atom. The fraction of sp³-hybridized carbons (Fsp3) is 0.167. The summed E-state index contributed by atoms with van der Waals surface area (Å²) in [6.07, 6.45) is 1.76. The highest BCUT2D eigenvalue weighted by Gasteiger charge is 2.25. The van der Waals surface area contributed by atoms with Crippen LogP contribution in [0.2, 0.25) is 0 Å². The van der Waals surface area contributed by atoms with Crippen LogP contribution < -0.4 is 4.90 Å². The molecule has 0 fully saturated rings. The summed E-state index contributed by atoms with van der Waals surface area (Å²) in [4.78, 5) is 2.31. The molecule has 0 saturated heterocycles. The molecule has 0 saturated carbocycles. The molecule has 4 rings (SSSR count). The molecule has 1 nitrogen and oxygen atoms in total. The van der Waals surface area contributed by atoms with Crippen LogP contribution in [0, 0.1) is 17.7 Å². The van der Waals surface area contributed by atoms with Crippen LogP contribution in [-0.4, -0.2) is 6.04 Å². The Labute approximate surface area is 154 Å². The number of rotatable bonds is 2. The molecule has 0 aliphatic carbocycles. The van der Waals surface area contributed by atoms with E-state index in [4.69, 9.17) is 0 Å². The maximum absolute atomic E-state index is 13.7. The third-order valence-corrected chi connectivity index (χ3v) is 4.77. The van der Waals surface area contributed by atoms with E-state index in [-0.39, 0.29) is 11.9 Å². The van der Waals surface area contributed by atoms with Crippen LogP contribution in [0.5, 0.6) is 0 Å². The first kappa shape index (κ1) is 16.4. The molecule has 0 radical (unpaired) electrons. The quantitative estimate of drug-likeness (QED) is 0.579. The van der Waals surface area contributed by atoms with Gasteiger partial charge in [-0.25, -0.2) is 4.39 Å². The molecule has 0 spiro atoms. The van der Waals surface area contributed by atoms with E-state index in [2.05, 4.69) is 41.0 Å².